The lowest BCUT2D eigenvalue weighted by atomic mass is 9.91. The van der Waals surface area contributed by atoms with Crippen LogP contribution in [0.2, 0.25) is 0 Å². The zero-order valence-corrected chi connectivity index (χ0v) is 21.8. The van der Waals surface area contributed by atoms with Crippen LogP contribution in [0.25, 0.3) is 0 Å². The SMILES string of the molecule is CC1CC(C)CN(c2ccc3c(c2)Sc2cc(C(F)(F)F)cc(NC4CCN(CCN)CC4)c2N3)C1. The zero-order valence-electron chi connectivity index (χ0n) is 21.0. The molecule has 2 atom stereocenters. The summed E-state index contributed by atoms with van der Waals surface area (Å²) in [4.78, 5) is 6.29. The van der Waals surface area contributed by atoms with Gasteiger partial charge < -0.3 is 26.2 Å². The first-order valence-electron chi connectivity index (χ1n) is 13.0. The summed E-state index contributed by atoms with van der Waals surface area (Å²) in [6, 6.07) is 8.99. The first kappa shape index (κ1) is 25.5. The molecule has 2 saturated heterocycles. The Morgan fingerprint density at radius 2 is 1.78 bits per heavy atom. The fourth-order valence-electron chi connectivity index (χ4n) is 5.83. The van der Waals surface area contributed by atoms with E-state index in [-0.39, 0.29) is 6.04 Å². The summed E-state index contributed by atoms with van der Waals surface area (Å²) in [7, 11) is 0. The lowest BCUT2D eigenvalue weighted by Crippen LogP contribution is -2.41. The average Bonchev–Trinajstić information content (AvgIpc) is 2.82. The third-order valence-electron chi connectivity index (χ3n) is 7.50. The summed E-state index contributed by atoms with van der Waals surface area (Å²) < 4.78 is 41.5. The van der Waals surface area contributed by atoms with Crippen LogP contribution in [0.1, 0.15) is 38.7 Å². The number of halogens is 3. The summed E-state index contributed by atoms with van der Waals surface area (Å²) in [6.07, 6.45) is -1.42. The normalized spacial score (nSPS) is 23.1. The molecule has 5 rings (SSSR count). The molecule has 2 unspecified atom stereocenters. The molecule has 0 aromatic heterocycles. The number of hydrogen-bond donors (Lipinski definition) is 3. The van der Waals surface area contributed by atoms with E-state index in [1.807, 2.05) is 0 Å². The van der Waals surface area contributed by atoms with Crippen molar-refractivity contribution in [1.82, 2.24) is 4.90 Å². The number of alkyl halides is 3. The van der Waals surface area contributed by atoms with Gasteiger partial charge in [-0.15, -0.1) is 0 Å². The van der Waals surface area contributed by atoms with E-state index in [4.69, 9.17) is 5.73 Å². The molecular weight excluding hydrogens is 483 g/mol. The van der Waals surface area contributed by atoms with Gasteiger partial charge in [-0.25, -0.2) is 0 Å². The number of hydrogen-bond acceptors (Lipinski definition) is 6. The van der Waals surface area contributed by atoms with Crippen LogP contribution >= 0.6 is 11.8 Å². The van der Waals surface area contributed by atoms with Gasteiger partial charge in [0.2, 0.25) is 0 Å². The van der Waals surface area contributed by atoms with Crippen molar-refractivity contribution >= 4 is 34.5 Å². The largest absolute Gasteiger partial charge is 0.416 e. The summed E-state index contributed by atoms with van der Waals surface area (Å²) in [6.45, 7) is 9.86. The molecular formula is C27H36F3N5S. The van der Waals surface area contributed by atoms with E-state index in [2.05, 4.69) is 52.5 Å². The number of benzene rings is 2. The summed E-state index contributed by atoms with van der Waals surface area (Å²) >= 11 is 1.42. The Bertz CT molecular complexity index is 1070. The highest BCUT2D eigenvalue weighted by Gasteiger charge is 2.34. The average molecular weight is 520 g/mol. The van der Waals surface area contributed by atoms with Crippen molar-refractivity contribution < 1.29 is 13.2 Å². The standard InChI is InChI=1S/C27H36F3N5S/c1-17-11-18(2)16-35(15-17)21-3-4-22-24(14-21)36-25-13-19(27(28,29)30)12-23(26(25)33-22)32-20-5-8-34(9-6-20)10-7-31/h3-4,12-14,17-18,20,32-33H,5-11,15-16,31H2,1-2H3. The Kier molecular flexibility index (Phi) is 7.34. The van der Waals surface area contributed by atoms with Gasteiger partial charge in [-0.3, -0.25) is 0 Å². The fourth-order valence-corrected chi connectivity index (χ4v) is 6.92. The number of rotatable bonds is 5. The Hall–Kier alpha value is -2.10. The van der Waals surface area contributed by atoms with Gasteiger partial charge in [0.1, 0.15) is 0 Å². The lowest BCUT2D eigenvalue weighted by molar-refractivity contribution is -0.137. The van der Waals surface area contributed by atoms with Gasteiger partial charge in [0, 0.05) is 60.8 Å². The molecule has 0 aliphatic carbocycles. The maximum absolute atomic E-state index is 13.8. The number of anilines is 4. The molecule has 0 radical (unpaired) electrons. The third kappa shape index (κ3) is 5.58. The molecule has 5 nitrogen and oxygen atoms in total. The molecule has 36 heavy (non-hydrogen) atoms. The van der Waals surface area contributed by atoms with Crippen LogP contribution in [0.5, 0.6) is 0 Å². The number of nitrogens with zero attached hydrogens (tertiary/aromatic N) is 2. The van der Waals surface area contributed by atoms with E-state index < -0.39 is 11.7 Å². The predicted octanol–water partition coefficient (Wildman–Crippen LogP) is 6.23. The number of likely N-dealkylation sites (tertiary alicyclic amines) is 1. The van der Waals surface area contributed by atoms with Crippen molar-refractivity contribution in [2.24, 2.45) is 17.6 Å². The molecule has 9 heteroatoms. The van der Waals surface area contributed by atoms with E-state index in [1.165, 1.54) is 30.3 Å². The molecule has 0 saturated carbocycles. The van der Waals surface area contributed by atoms with Crippen LogP contribution in [0.4, 0.5) is 35.9 Å². The molecule has 4 N–H and O–H groups in total. The number of nitrogens with two attached hydrogens (primary N) is 1. The molecule has 0 amide bonds. The van der Waals surface area contributed by atoms with Crippen LogP contribution < -0.4 is 21.3 Å². The Balaban J connectivity index is 1.40. The van der Waals surface area contributed by atoms with Gasteiger partial charge in [-0.05, 0) is 61.4 Å². The topological polar surface area (TPSA) is 56.6 Å². The van der Waals surface area contributed by atoms with E-state index in [0.29, 0.717) is 29.0 Å². The van der Waals surface area contributed by atoms with Crippen molar-refractivity contribution in [2.75, 3.05) is 54.8 Å². The van der Waals surface area contributed by atoms with Crippen LogP contribution in [0.3, 0.4) is 0 Å². The van der Waals surface area contributed by atoms with Gasteiger partial charge in [-0.2, -0.15) is 13.2 Å². The van der Waals surface area contributed by atoms with Gasteiger partial charge in [-0.1, -0.05) is 25.6 Å². The first-order valence-corrected chi connectivity index (χ1v) is 13.8. The van der Waals surface area contributed by atoms with Crippen molar-refractivity contribution in [3.8, 4) is 0 Å². The van der Waals surface area contributed by atoms with Crippen molar-refractivity contribution in [2.45, 2.75) is 55.1 Å². The second-order valence-corrected chi connectivity index (χ2v) is 11.8. The molecule has 0 bridgehead atoms. The second kappa shape index (κ2) is 10.3. The molecule has 196 valence electrons. The van der Waals surface area contributed by atoms with Crippen LogP contribution in [-0.4, -0.2) is 50.2 Å². The van der Waals surface area contributed by atoms with Crippen molar-refractivity contribution in [3.05, 3.63) is 35.9 Å². The third-order valence-corrected chi connectivity index (χ3v) is 8.60. The minimum atomic E-state index is -4.40. The Morgan fingerprint density at radius 3 is 2.44 bits per heavy atom. The van der Waals surface area contributed by atoms with Crippen molar-refractivity contribution in [1.29, 1.82) is 0 Å². The number of nitrogens with one attached hydrogen (secondary N) is 2. The minimum absolute atomic E-state index is 0.130. The molecule has 0 spiro atoms. The molecule has 3 aliphatic rings. The summed E-state index contributed by atoms with van der Waals surface area (Å²) in [5.41, 5.74) is 8.40. The van der Waals surface area contributed by atoms with E-state index >= 15 is 0 Å². The number of piperidine rings is 2. The molecule has 2 aromatic rings. The first-order chi connectivity index (χ1) is 17.2. The molecule has 3 heterocycles. The predicted molar refractivity (Wildman–Crippen MR) is 143 cm³/mol. The molecule has 2 aromatic carbocycles. The van der Waals surface area contributed by atoms with Gasteiger partial charge in [0.25, 0.3) is 0 Å². The minimum Gasteiger partial charge on any atom is -0.380 e. The smallest absolute Gasteiger partial charge is 0.380 e. The lowest BCUT2D eigenvalue weighted by Gasteiger charge is -2.37. The van der Waals surface area contributed by atoms with Gasteiger partial charge >= 0.3 is 6.18 Å². The van der Waals surface area contributed by atoms with Crippen molar-refractivity contribution in [3.63, 3.8) is 0 Å². The highest BCUT2D eigenvalue weighted by molar-refractivity contribution is 7.99. The Labute approximate surface area is 216 Å². The van der Waals surface area contributed by atoms with E-state index in [9.17, 15) is 13.2 Å². The Morgan fingerprint density at radius 1 is 1.06 bits per heavy atom. The second-order valence-electron chi connectivity index (χ2n) is 10.7. The molecule has 2 fully saturated rings. The van der Waals surface area contributed by atoms with Crippen LogP contribution in [-0.2, 0) is 6.18 Å². The highest BCUT2D eigenvalue weighted by Crippen LogP contribution is 2.50. The maximum atomic E-state index is 13.8. The van der Waals surface area contributed by atoms with E-state index in [1.54, 1.807) is 0 Å². The van der Waals surface area contributed by atoms with Crippen LogP contribution in [0.15, 0.2) is 40.1 Å². The van der Waals surface area contributed by atoms with Gasteiger partial charge in [0.05, 0.1) is 22.6 Å². The molecule has 3 aliphatic heterocycles. The summed E-state index contributed by atoms with van der Waals surface area (Å²) in [5, 5.41) is 6.90. The van der Waals surface area contributed by atoms with E-state index in [0.717, 1.165) is 67.5 Å². The van der Waals surface area contributed by atoms with Crippen LogP contribution in [0, 0.1) is 11.8 Å². The fraction of sp³-hybridized carbons (Fsp3) is 0.556. The summed E-state index contributed by atoms with van der Waals surface area (Å²) in [5.74, 6) is 1.25. The maximum Gasteiger partial charge on any atom is 0.416 e. The monoisotopic (exact) mass is 519 g/mol. The quantitative estimate of drug-likeness (QED) is 0.372. The highest BCUT2D eigenvalue weighted by atomic mass is 32.2. The zero-order chi connectivity index (χ0) is 25.4. The number of fused-ring (bicyclic) bond motifs is 2. The van der Waals surface area contributed by atoms with Gasteiger partial charge in [0.15, 0.2) is 0 Å².